The van der Waals surface area contributed by atoms with Gasteiger partial charge in [-0.05, 0) is 121 Å². The van der Waals surface area contributed by atoms with Gasteiger partial charge in [0.25, 0.3) is 0 Å². The summed E-state index contributed by atoms with van der Waals surface area (Å²) >= 11 is 5.62. The number of aryl methyl sites for hydroxylation is 5. The number of halogens is 1. The second kappa shape index (κ2) is 62.3. The molecule has 0 aliphatic carbocycles. The molecule has 22 nitrogen and oxygen atoms in total. The molecule has 0 aliphatic rings. The molecule has 0 unspecified atom stereocenters. The highest BCUT2D eigenvalue weighted by atomic mass is 35.5. The Kier molecular flexibility index (Phi) is 55.9. The third-order valence-electron chi connectivity index (χ3n) is 16.0. The number of para-hydroxylation sites is 6. The van der Waals surface area contributed by atoms with E-state index in [1.54, 1.807) is 132 Å². The van der Waals surface area contributed by atoms with Crippen LogP contribution in [0.2, 0.25) is 5.02 Å². The van der Waals surface area contributed by atoms with Crippen molar-refractivity contribution in [1.82, 2.24) is 0 Å². The maximum atomic E-state index is 9.82. The van der Waals surface area contributed by atoms with E-state index in [0.717, 1.165) is 101 Å². The fourth-order valence-electron chi connectivity index (χ4n) is 10.2. The summed E-state index contributed by atoms with van der Waals surface area (Å²) in [6.45, 7) is 21.9. The van der Waals surface area contributed by atoms with E-state index in [9.17, 15) is 46.0 Å². The van der Waals surface area contributed by atoms with Crippen LogP contribution in [0.5, 0.6) is 57.5 Å². The molecule has 636 valence electrons. The molecule has 0 saturated carbocycles. The Hall–Kier alpha value is -9.99. The first-order valence-electron chi connectivity index (χ1n) is 37.2. The minimum Gasteiger partial charge on any atom is -0.508 e. The second-order valence-electron chi connectivity index (χ2n) is 26.1. The molecule has 116 heavy (non-hydrogen) atoms. The van der Waals surface area contributed by atoms with Gasteiger partial charge in [-0.1, -0.05) is 180 Å². The lowest BCUT2D eigenvalue weighted by Crippen LogP contribution is -2.02. The number of aromatic hydroxyl groups is 10. The average Bonchev–Trinajstić information content (AvgIpc) is 0.794. The number of ether oxygens (including phenoxy) is 12. The van der Waals surface area contributed by atoms with Crippen LogP contribution < -0.4 is 0 Å². The van der Waals surface area contributed by atoms with E-state index >= 15 is 0 Å². The number of phenolic OH excluding ortho intramolecular Hbond substituents is 10. The van der Waals surface area contributed by atoms with Gasteiger partial charge in [0.15, 0.2) is 0 Å². The summed E-state index contributed by atoms with van der Waals surface area (Å²) in [4.78, 5) is 0. The van der Waals surface area contributed by atoms with Crippen LogP contribution in [0.1, 0.15) is 115 Å². The molecule has 0 saturated heterocycles. The molecule has 0 radical (unpaired) electrons. The first kappa shape index (κ1) is 104. The summed E-state index contributed by atoms with van der Waals surface area (Å²) in [6, 6.07) is 58.1. The van der Waals surface area contributed by atoms with Gasteiger partial charge in [-0.25, -0.2) is 0 Å². The lowest BCUT2D eigenvalue weighted by molar-refractivity contribution is 0.0645. The topological polar surface area (TPSA) is 313 Å². The van der Waals surface area contributed by atoms with Gasteiger partial charge in [-0.15, -0.1) is 0 Å². The third kappa shape index (κ3) is 43.1. The lowest BCUT2D eigenvalue weighted by atomic mass is 10.1. The molecule has 0 spiro atoms. The maximum absolute atomic E-state index is 9.82. The van der Waals surface area contributed by atoms with Gasteiger partial charge in [0.2, 0.25) is 0 Å². The molecular formula is C93H125ClO22. The van der Waals surface area contributed by atoms with Crippen molar-refractivity contribution < 1.29 is 108 Å². The molecule has 0 aliphatic heterocycles. The number of benzene rings is 10. The Balaban J connectivity index is 0.000000645. The molecule has 0 fully saturated rings. The standard InChI is InChI=1S/C11H16O3.C10H14O3.2C10H14O2.4C9H12O2.C8H9ClO2.C8H10O2/c1-8-4-9(6-13-2)11(12)10(5-8)7-14-3;1-12-6-8-4-3-5-9(7-13-2)10(8)11;1-7-4-8(2)10(11)9(5-7)6-12-3;1-8(2)12-7-9-5-3-4-6-10(9)11;1-7-3-4-9(10)8(5-7)6-11-2;1-7-4-3-5-8(6-11-2)9(7)10;1-11-7-6-8-4-2-3-5-9(8)10;1-2-11-7-8-5-3-4-6-9(8)10;1-11-5-6-2-3-7(9)4-8(6)10;1-10-6-7-4-2-3-5-8(7)9/h4-5,12H,6-7H2,1-3H3;3-5,11H,6-7H2,1-2H3;4-5,11H,6H2,1-3H3;3-6,8,11H,7H2,1-2H3;2*3-5,10H,6H2,1-2H3;2-5,10H,6-7H2,1H3;3-6,10H,2,7H2,1H3;2-4,10H,5H2,1H3;2-5,9H,6H2,1H3. The van der Waals surface area contributed by atoms with Gasteiger partial charge in [0, 0.05) is 144 Å². The third-order valence-corrected chi connectivity index (χ3v) is 16.3. The quantitative estimate of drug-likeness (QED) is 0.0229. The van der Waals surface area contributed by atoms with Crippen molar-refractivity contribution in [3.05, 3.63) is 294 Å². The molecule has 0 bridgehead atoms. The predicted molar refractivity (Wildman–Crippen MR) is 457 cm³/mol. The van der Waals surface area contributed by atoms with Crippen LogP contribution in [0.25, 0.3) is 0 Å². The Morgan fingerprint density at radius 1 is 0.267 bits per heavy atom. The van der Waals surface area contributed by atoms with E-state index in [2.05, 4.69) is 0 Å². The zero-order chi connectivity index (χ0) is 86.8. The van der Waals surface area contributed by atoms with Crippen LogP contribution in [0, 0.1) is 34.6 Å². The van der Waals surface area contributed by atoms with Crippen molar-refractivity contribution in [3.8, 4) is 57.5 Å². The normalized spacial score (nSPS) is 10.1. The Labute approximate surface area is 692 Å². The minimum absolute atomic E-state index is 0.180. The number of hydrogen-bond acceptors (Lipinski definition) is 22. The lowest BCUT2D eigenvalue weighted by Gasteiger charge is -2.10. The predicted octanol–water partition coefficient (Wildman–Crippen LogP) is 19.1. The van der Waals surface area contributed by atoms with Crippen LogP contribution in [-0.4, -0.2) is 141 Å². The van der Waals surface area contributed by atoms with Crippen molar-refractivity contribution in [2.75, 3.05) is 84.3 Å². The van der Waals surface area contributed by atoms with E-state index in [-0.39, 0.29) is 23.4 Å². The summed E-state index contributed by atoms with van der Waals surface area (Å²) in [5.74, 6) is 2.98. The molecule has 0 amide bonds. The number of phenols is 10. The van der Waals surface area contributed by atoms with Crippen molar-refractivity contribution in [3.63, 3.8) is 0 Å². The minimum atomic E-state index is 0.180. The summed E-state index contributed by atoms with van der Waals surface area (Å²) in [6.07, 6.45) is 0.966. The van der Waals surface area contributed by atoms with Gasteiger partial charge >= 0.3 is 0 Å². The number of methoxy groups -OCH3 is 10. The first-order valence-corrected chi connectivity index (χ1v) is 37.6. The van der Waals surface area contributed by atoms with Crippen LogP contribution in [0.3, 0.4) is 0 Å². The second-order valence-corrected chi connectivity index (χ2v) is 26.5. The molecule has 0 heterocycles. The molecule has 10 aromatic rings. The highest BCUT2D eigenvalue weighted by Crippen LogP contribution is 2.29. The monoisotopic (exact) mass is 1630 g/mol. The molecule has 0 atom stereocenters. The van der Waals surface area contributed by atoms with Crippen molar-refractivity contribution >= 4 is 11.6 Å². The van der Waals surface area contributed by atoms with Crippen LogP contribution in [0.4, 0.5) is 0 Å². The first-order chi connectivity index (χ1) is 55.6. The summed E-state index contributed by atoms with van der Waals surface area (Å²) in [5.41, 5.74) is 15.1. The van der Waals surface area contributed by atoms with Crippen molar-refractivity contribution in [2.24, 2.45) is 0 Å². The van der Waals surface area contributed by atoms with Gasteiger partial charge in [0.1, 0.15) is 57.5 Å². The number of rotatable bonds is 27. The van der Waals surface area contributed by atoms with Crippen molar-refractivity contribution in [2.45, 2.75) is 141 Å². The number of hydrogen-bond donors (Lipinski definition) is 10. The Morgan fingerprint density at radius 2 is 0.586 bits per heavy atom. The summed E-state index contributed by atoms with van der Waals surface area (Å²) < 4.78 is 59.7. The van der Waals surface area contributed by atoms with E-state index < -0.39 is 0 Å². The molecule has 0 aromatic heterocycles. The summed E-state index contributed by atoms with van der Waals surface area (Å²) in [5, 5.41) is 94.6. The Bertz CT molecular complexity index is 4180. The van der Waals surface area contributed by atoms with E-state index in [1.165, 1.54) is 6.07 Å². The Morgan fingerprint density at radius 3 is 1.00 bits per heavy atom. The van der Waals surface area contributed by atoms with E-state index in [4.69, 9.17) is 73.5 Å². The molecular weight excluding hydrogens is 1500 g/mol. The average molecular weight is 1630 g/mol. The fraction of sp³-hybridized carbons (Fsp3) is 0.355. The summed E-state index contributed by atoms with van der Waals surface area (Å²) in [7, 11) is 16.1. The van der Waals surface area contributed by atoms with Crippen LogP contribution in [-0.2, 0) is 136 Å². The van der Waals surface area contributed by atoms with Gasteiger partial charge in [-0.2, -0.15) is 0 Å². The maximum Gasteiger partial charge on any atom is 0.126 e. The smallest absolute Gasteiger partial charge is 0.126 e. The zero-order valence-corrected chi connectivity index (χ0v) is 71.5. The van der Waals surface area contributed by atoms with E-state index in [0.29, 0.717) is 131 Å². The van der Waals surface area contributed by atoms with E-state index in [1.807, 2.05) is 183 Å². The molecule has 10 N–H and O–H groups in total. The van der Waals surface area contributed by atoms with Crippen LogP contribution in [0.15, 0.2) is 194 Å². The molecule has 23 heteroatoms. The fourth-order valence-corrected chi connectivity index (χ4v) is 10.4. The zero-order valence-electron chi connectivity index (χ0n) is 70.7. The van der Waals surface area contributed by atoms with Gasteiger partial charge in [0.05, 0.1) is 85.4 Å². The van der Waals surface area contributed by atoms with Crippen molar-refractivity contribution in [1.29, 1.82) is 0 Å². The van der Waals surface area contributed by atoms with Gasteiger partial charge in [-0.3, -0.25) is 0 Å². The molecule has 10 aromatic carbocycles. The molecule has 10 rings (SSSR count). The van der Waals surface area contributed by atoms with Crippen LogP contribution >= 0.6 is 11.6 Å². The highest BCUT2D eigenvalue weighted by Gasteiger charge is 2.11. The highest BCUT2D eigenvalue weighted by molar-refractivity contribution is 6.30. The SMILES string of the molecule is CC(C)OCc1ccccc1O.CCOCc1ccccc1O.COCCc1ccccc1O.COCc1cc(C)cc(C)c1O.COCc1cc(C)cc(COC)c1O.COCc1cc(C)ccc1O.COCc1ccc(Cl)cc1O.COCc1cccc(C)c1O.COCc1cccc(COC)c1O.COCc1ccccc1O. The largest absolute Gasteiger partial charge is 0.508 e. The van der Waals surface area contributed by atoms with Gasteiger partial charge < -0.3 is 108 Å².